The van der Waals surface area contributed by atoms with Crippen LogP contribution in [-0.2, 0) is 23.9 Å². The van der Waals surface area contributed by atoms with Gasteiger partial charge in [-0.25, -0.2) is 0 Å². The minimum Gasteiger partial charge on any atom is -0.466 e. The standard InChI is InChI=1S/C19H30N2O6/c1-3-5-9-20-16(23)15-19-8-7-12(27-19)13(18(25)26-4-2)14(19)17(24)21(15)10-6-11-22/h12-15,22H,3-11H2,1-2H3,(H,20,23)/t12-,13+,14+,15-,19+/m0/s1. The number of likely N-dealkylation sites (tertiary alicyclic amines) is 1. The largest absolute Gasteiger partial charge is 0.466 e. The van der Waals surface area contributed by atoms with Crippen LogP contribution in [0.1, 0.15) is 46.0 Å². The topological polar surface area (TPSA) is 105 Å². The van der Waals surface area contributed by atoms with Crippen molar-refractivity contribution in [3.63, 3.8) is 0 Å². The van der Waals surface area contributed by atoms with Gasteiger partial charge in [-0.1, -0.05) is 13.3 Å². The molecule has 3 aliphatic heterocycles. The predicted molar refractivity (Wildman–Crippen MR) is 95.6 cm³/mol. The molecule has 0 aliphatic carbocycles. The Labute approximate surface area is 159 Å². The number of esters is 1. The van der Waals surface area contributed by atoms with Crippen LogP contribution in [0, 0.1) is 11.8 Å². The van der Waals surface area contributed by atoms with Gasteiger partial charge in [-0.2, -0.15) is 0 Å². The SMILES string of the molecule is CCCCNC(=O)[C@@H]1N(CCCO)C(=O)[C@H]2[C@H](C(=O)OCC)[C@@H]3CC[C@]12O3. The summed E-state index contributed by atoms with van der Waals surface area (Å²) in [4.78, 5) is 40.2. The maximum atomic E-state index is 13.2. The molecular weight excluding hydrogens is 352 g/mol. The van der Waals surface area contributed by atoms with E-state index in [9.17, 15) is 19.5 Å². The number of amides is 2. The van der Waals surface area contributed by atoms with E-state index in [1.54, 1.807) is 6.92 Å². The second-order valence-electron chi connectivity index (χ2n) is 7.56. The summed E-state index contributed by atoms with van der Waals surface area (Å²) in [5.41, 5.74) is -0.967. The third-order valence-electron chi connectivity index (χ3n) is 5.99. The van der Waals surface area contributed by atoms with Crippen LogP contribution in [0.2, 0.25) is 0 Å². The first kappa shape index (κ1) is 20.1. The third-order valence-corrected chi connectivity index (χ3v) is 5.99. The highest BCUT2D eigenvalue weighted by Gasteiger charge is 2.74. The van der Waals surface area contributed by atoms with Crippen LogP contribution in [0.25, 0.3) is 0 Å². The van der Waals surface area contributed by atoms with Crippen molar-refractivity contribution >= 4 is 17.8 Å². The molecule has 0 aromatic rings. The Morgan fingerprint density at radius 1 is 1.37 bits per heavy atom. The zero-order valence-electron chi connectivity index (χ0n) is 16.1. The quantitative estimate of drug-likeness (QED) is 0.437. The normalized spacial score (nSPS) is 34.0. The Kier molecular flexibility index (Phi) is 6.05. The fourth-order valence-corrected chi connectivity index (χ4v) is 4.93. The Morgan fingerprint density at radius 2 is 2.15 bits per heavy atom. The minimum atomic E-state index is -0.967. The molecule has 1 spiro atoms. The smallest absolute Gasteiger partial charge is 0.312 e. The van der Waals surface area contributed by atoms with Gasteiger partial charge in [0.2, 0.25) is 11.8 Å². The van der Waals surface area contributed by atoms with Crippen LogP contribution in [0.15, 0.2) is 0 Å². The average molecular weight is 382 g/mol. The summed E-state index contributed by atoms with van der Waals surface area (Å²) >= 11 is 0. The van der Waals surface area contributed by atoms with Gasteiger partial charge in [-0.05, 0) is 32.6 Å². The van der Waals surface area contributed by atoms with E-state index in [1.165, 1.54) is 4.90 Å². The number of aliphatic hydroxyl groups excluding tert-OH is 1. The van der Waals surface area contributed by atoms with Crippen molar-refractivity contribution in [1.29, 1.82) is 0 Å². The first-order valence-corrected chi connectivity index (χ1v) is 10.0. The average Bonchev–Trinajstić information content (AvgIpc) is 3.28. The lowest BCUT2D eigenvalue weighted by Gasteiger charge is -2.33. The summed E-state index contributed by atoms with van der Waals surface area (Å²) in [5, 5.41) is 12.1. The van der Waals surface area contributed by atoms with Gasteiger partial charge < -0.3 is 24.8 Å². The molecule has 152 valence electrons. The van der Waals surface area contributed by atoms with Gasteiger partial charge in [-0.3, -0.25) is 14.4 Å². The molecule has 0 unspecified atom stereocenters. The van der Waals surface area contributed by atoms with Crippen LogP contribution in [0.5, 0.6) is 0 Å². The van der Waals surface area contributed by atoms with E-state index in [1.807, 2.05) is 6.92 Å². The molecule has 0 aromatic heterocycles. The maximum absolute atomic E-state index is 13.2. The second-order valence-corrected chi connectivity index (χ2v) is 7.56. The number of rotatable bonds is 9. The molecule has 0 saturated carbocycles. The number of nitrogens with one attached hydrogen (secondary N) is 1. The highest BCUT2D eigenvalue weighted by molar-refractivity contribution is 5.98. The molecule has 0 aromatic carbocycles. The zero-order chi connectivity index (χ0) is 19.6. The molecule has 27 heavy (non-hydrogen) atoms. The van der Waals surface area contributed by atoms with Gasteiger partial charge in [0.15, 0.2) is 0 Å². The molecule has 3 aliphatic rings. The number of hydrogen-bond acceptors (Lipinski definition) is 6. The number of unbranched alkanes of at least 4 members (excludes halogenated alkanes) is 1. The van der Waals surface area contributed by atoms with Crippen LogP contribution in [0.4, 0.5) is 0 Å². The molecule has 0 radical (unpaired) electrons. The number of ether oxygens (including phenoxy) is 2. The molecule has 8 heteroatoms. The third kappa shape index (κ3) is 3.23. The van der Waals surface area contributed by atoms with Crippen molar-refractivity contribution < 1.29 is 29.0 Å². The Balaban J connectivity index is 1.90. The van der Waals surface area contributed by atoms with E-state index in [0.29, 0.717) is 25.8 Å². The first-order valence-electron chi connectivity index (χ1n) is 10.0. The molecule has 3 fully saturated rings. The number of nitrogens with zero attached hydrogens (tertiary/aromatic N) is 1. The highest BCUT2D eigenvalue weighted by Crippen LogP contribution is 2.58. The second kappa shape index (κ2) is 8.14. The van der Waals surface area contributed by atoms with Gasteiger partial charge in [0.1, 0.15) is 11.6 Å². The monoisotopic (exact) mass is 382 g/mol. The van der Waals surface area contributed by atoms with Crippen LogP contribution >= 0.6 is 0 Å². The lowest BCUT2D eigenvalue weighted by molar-refractivity contribution is -0.154. The van der Waals surface area contributed by atoms with Gasteiger partial charge in [0, 0.05) is 19.7 Å². The molecule has 5 atom stereocenters. The van der Waals surface area contributed by atoms with Crippen molar-refractivity contribution in [1.82, 2.24) is 10.2 Å². The van der Waals surface area contributed by atoms with Gasteiger partial charge >= 0.3 is 5.97 Å². The van der Waals surface area contributed by atoms with Crippen molar-refractivity contribution in [3.05, 3.63) is 0 Å². The molecule has 2 amide bonds. The van der Waals surface area contributed by atoms with Gasteiger partial charge in [0.05, 0.1) is 24.5 Å². The molecule has 8 nitrogen and oxygen atoms in total. The van der Waals surface area contributed by atoms with E-state index in [-0.39, 0.29) is 37.7 Å². The minimum absolute atomic E-state index is 0.0730. The molecule has 3 saturated heterocycles. The number of carbonyl (C=O) groups excluding carboxylic acids is 3. The molecule has 3 heterocycles. The summed E-state index contributed by atoms with van der Waals surface area (Å²) in [6.45, 7) is 4.75. The van der Waals surface area contributed by atoms with E-state index in [2.05, 4.69) is 5.32 Å². The number of fused-ring (bicyclic) bond motifs is 1. The summed E-state index contributed by atoms with van der Waals surface area (Å²) in [7, 11) is 0. The van der Waals surface area contributed by atoms with E-state index >= 15 is 0 Å². The van der Waals surface area contributed by atoms with Crippen LogP contribution < -0.4 is 5.32 Å². The number of carbonyl (C=O) groups is 3. The summed E-state index contributed by atoms with van der Waals surface area (Å²) in [6, 6.07) is -0.761. The lowest BCUT2D eigenvalue weighted by Crippen LogP contribution is -2.55. The van der Waals surface area contributed by atoms with E-state index in [0.717, 1.165) is 12.8 Å². The van der Waals surface area contributed by atoms with Gasteiger partial charge in [0.25, 0.3) is 0 Å². The first-order chi connectivity index (χ1) is 13.0. The number of aliphatic hydroxyl groups is 1. The molecular formula is C19H30N2O6. The Hall–Kier alpha value is -1.67. The summed E-state index contributed by atoms with van der Waals surface area (Å²) < 4.78 is 11.4. The van der Waals surface area contributed by atoms with Crippen molar-refractivity contribution in [3.8, 4) is 0 Å². The van der Waals surface area contributed by atoms with Crippen molar-refractivity contribution in [2.24, 2.45) is 11.8 Å². The van der Waals surface area contributed by atoms with Crippen LogP contribution in [0.3, 0.4) is 0 Å². The fraction of sp³-hybridized carbons (Fsp3) is 0.842. The zero-order valence-corrected chi connectivity index (χ0v) is 16.1. The number of hydrogen-bond donors (Lipinski definition) is 2. The fourth-order valence-electron chi connectivity index (χ4n) is 4.93. The van der Waals surface area contributed by atoms with E-state index < -0.39 is 29.4 Å². The van der Waals surface area contributed by atoms with E-state index in [4.69, 9.17) is 9.47 Å². The maximum Gasteiger partial charge on any atom is 0.312 e. The Bertz CT molecular complexity index is 597. The molecule has 2 bridgehead atoms. The summed E-state index contributed by atoms with van der Waals surface area (Å²) in [5.74, 6) is -2.23. The summed E-state index contributed by atoms with van der Waals surface area (Å²) in [6.07, 6.45) is 3.03. The lowest BCUT2D eigenvalue weighted by atomic mass is 9.71. The molecule has 3 rings (SSSR count). The highest BCUT2D eigenvalue weighted by atomic mass is 16.6. The molecule has 2 N–H and O–H groups in total. The Morgan fingerprint density at radius 3 is 2.81 bits per heavy atom. The van der Waals surface area contributed by atoms with Crippen LogP contribution in [-0.4, -0.2) is 71.8 Å². The van der Waals surface area contributed by atoms with Crippen molar-refractivity contribution in [2.45, 2.75) is 63.7 Å². The van der Waals surface area contributed by atoms with Gasteiger partial charge in [-0.15, -0.1) is 0 Å². The predicted octanol–water partition coefficient (Wildman–Crippen LogP) is 0.223. The van der Waals surface area contributed by atoms with Crippen molar-refractivity contribution in [2.75, 3.05) is 26.3 Å².